The largest absolute Gasteiger partial charge is 0.351 e. The third-order valence-electron chi connectivity index (χ3n) is 2.42. The summed E-state index contributed by atoms with van der Waals surface area (Å²) in [6.45, 7) is 2.45. The molecule has 0 unspecified atom stereocenters. The van der Waals surface area contributed by atoms with E-state index < -0.39 is 0 Å². The highest BCUT2D eigenvalue weighted by molar-refractivity contribution is 14.1. The van der Waals surface area contributed by atoms with Crippen molar-refractivity contribution in [3.8, 4) is 0 Å². The molecule has 7 heteroatoms. The van der Waals surface area contributed by atoms with Crippen LogP contribution in [0.4, 0.5) is 16.3 Å². The molecule has 1 heterocycles. The third-order valence-corrected chi connectivity index (χ3v) is 3.33. The summed E-state index contributed by atoms with van der Waals surface area (Å²) in [6.07, 6.45) is 3.85. The van der Waals surface area contributed by atoms with E-state index in [9.17, 15) is 4.79 Å². The van der Waals surface area contributed by atoms with Gasteiger partial charge in [0.05, 0.1) is 24.8 Å². The van der Waals surface area contributed by atoms with Crippen LogP contribution < -0.4 is 10.4 Å². The molecule has 0 atom stereocenters. The number of hydroxylamine groups is 1. The van der Waals surface area contributed by atoms with Crippen molar-refractivity contribution in [3.05, 3.63) is 40.4 Å². The normalized spacial score (nSPS) is 10.3. The maximum Gasteiger partial charge on any atom is 0.351 e. The van der Waals surface area contributed by atoms with Crippen LogP contribution in [-0.2, 0) is 4.84 Å². The summed E-state index contributed by atoms with van der Waals surface area (Å²) in [7, 11) is 0. The van der Waals surface area contributed by atoms with Crippen molar-refractivity contribution in [2.24, 2.45) is 0 Å². The fourth-order valence-electron chi connectivity index (χ4n) is 1.53. The Morgan fingerprint density at radius 2 is 2.30 bits per heavy atom. The molecule has 2 rings (SSSR count). The smallest absolute Gasteiger partial charge is 0.331 e. The van der Waals surface area contributed by atoms with Gasteiger partial charge in [-0.1, -0.05) is 19.1 Å². The molecule has 6 nitrogen and oxygen atoms in total. The topological polar surface area (TPSA) is 70.2 Å². The minimum Gasteiger partial charge on any atom is -0.331 e. The summed E-state index contributed by atoms with van der Waals surface area (Å²) in [5, 5.41) is 3.97. The van der Waals surface area contributed by atoms with Gasteiger partial charge in [-0.3, -0.25) is 10.2 Å². The first-order chi connectivity index (χ1) is 9.72. The quantitative estimate of drug-likeness (QED) is 0.612. The Hall–Kier alpha value is -1.61. The number of amides is 2. The predicted molar refractivity (Wildman–Crippen MR) is 85.5 cm³/mol. The Kier molecular flexibility index (Phi) is 5.36. The van der Waals surface area contributed by atoms with Crippen LogP contribution in [0.5, 0.6) is 0 Å². The van der Waals surface area contributed by atoms with Crippen LogP contribution in [0.2, 0.25) is 0 Å². The lowest BCUT2D eigenvalue weighted by Crippen LogP contribution is -2.36. The van der Waals surface area contributed by atoms with Crippen LogP contribution in [0.1, 0.15) is 13.3 Å². The number of hydrogen-bond acceptors (Lipinski definition) is 3. The molecule has 0 saturated carbocycles. The zero-order valence-electron chi connectivity index (χ0n) is 11.0. The minimum absolute atomic E-state index is 0.369. The number of carbonyl (C=O) groups is 1. The van der Waals surface area contributed by atoms with E-state index in [0.29, 0.717) is 18.1 Å². The molecule has 2 aromatic rings. The fraction of sp³-hybridized carbons (Fsp3) is 0.231. The monoisotopic (exact) mass is 386 g/mol. The summed E-state index contributed by atoms with van der Waals surface area (Å²) >= 11 is 2.17. The average molecular weight is 386 g/mol. The van der Waals surface area contributed by atoms with Gasteiger partial charge in [0.25, 0.3) is 0 Å². The first kappa shape index (κ1) is 14.8. The van der Waals surface area contributed by atoms with Gasteiger partial charge in [0, 0.05) is 3.57 Å². The molecule has 2 N–H and O–H groups in total. The lowest BCUT2D eigenvalue weighted by atomic mass is 10.3. The Labute approximate surface area is 130 Å². The van der Waals surface area contributed by atoms with Crippen molar-refractivity contribution < 1.29 is 9.63 Å². The molecule has 0 saturated heterocycles. The summed E-state index contributed by atoms with van der Waals surface area (Å²) in [4.78, 5) is 24.5. The van der Waals surface area contributed by atoms with Crippen molar-refractivity contribution in [3.63, 3.8) is 0 Å². The van der Waals surface area contributed by atoms with Crippen LogP contribution >= 0.6 is 22.6 Å². The third kappa shape index (κ3) is 3.70. The number of carbonyl (C=O) groups excluding carboxylic acids is 1. The van der Waals surface area contributed by atoms with Gasteiger partial charge in [-0.05, 0) is 41.1 Å². The van der Waals surface area contributed by atoms with Gasteiger partial charge in [-0.25, -0.2) is 9.78 Å². The summed E-state index contributed by atoms with van der Waals surface area (Å²) in [5.41, 5.74) is 0.707. The molecule has 0 aliphatic carbocycles. The summed E-state index contributed by atoms with van der Waals surface area (Å²) in [6, 6.07) is 7.16. The number of para-hydroxylation sites is 1. The van der Waals surface area contributed by atoms with Crippen LogP contribution in [-0.4, -0.2) is 22.6 Å². The van der Waals surface area contributed by atoms with Crippen LogP contribution in [0.3, 0.4) is 0 Å². The molecular formula is C13H15IN4O2. The number of benzene rings is 1. The van der Waals surface area contributed by atoms with Crippen molar-refractivity contribution in [2.75, 3.05) is 17.0 Å². The highest BCUT2D eigenvalue weighted by Gasteiger charge is 2.19. The van der Waals surface area contributed by atoms with E-state index in [2.05, 4.69) is 37.9 Å². The number of nitrogens with one attached hydrogen (secondary N) is 2. The molecule has 106 valence electrons. The minimum atomic E-state index is -0.369. The second kappa shape index (κ2) is 7.25. The van der Waals surface area contributed by atoms with Gasteiger partial charge >= 0.3 is 6.03 Å². The first-order valence-corrected chi connectivity index (χ1v) is 7.27. The number of imidazole rings is 1. The maximum atomic E-state index is 12.3. The van der Waals surface area contributed by atoms with E-state index in [-0.39, 0.29) is 6.03 Å². The number of hydrogen-bond donors (Lipinski definition) is 2. The Morgan fingerprint density at radius 1 is 1.50 bits per heavy atom. The van der Waals surface area contributed by atoms with Gasteiger partial charge in [0.15, 0.2) is 0 Å². The SMILES string of the molecule is CCCON(C(=O)Nc1cnc[nH]1)c1ccccc1I. The second-order valence-corrected chi connectivity index (χ2v) is 5.14. The Morgan fingerprint density at radius 3 is 2.95 bits per heavy atom. The predicted octanol–water partition coefficient (Wildman–Crippen LogP) is 3.39. The molecule has 0 aliphatic heterocycles. The van der Waals surface area contributed by atoms with Crippen LogP contribution in [0.15, 0.2) is 36.8 Å². The molecule has 0 fully saturated rings. The lowest BCUT2D eigenvalue weighted by Gasteiger charge is -2.22. The average Bonchev–Trinajstić information content (AvgIpc) is 2.94. The van der Waals surface area contributed by atoms with Gasteiger partial charge < -0.3 is 4.98 Å². The van der Waals surface area contributed by atoms with Crippen molar-refractivity contribution in [1.82, 2.24) is 9.97 Å². The molecule has 20 heavy (non-hydrogen) atoms. The van der Waals surface area contributed by atoms with E-state index >= 15 is 0 Å². The van der Waals surface area contributed by atoms with Crippen molar-refractivity contribution >= 4 is 40.1 Å². The zero-order chi connectivity index (χ0) is 14.4. The van der Waals surface area contributed by atoms with Gasteiger partial charge in [-0.2, -0.15) is 5.06 Å². The van der Waals surface area contributed by atoms with E-state index in [1.165, 1.54) is 17.6 Å². The molecule has 0 aliphatic rings. The van der Waals surface area contributed by atoms with E-state index in [0.717, 1.165) is 9.99 Å². The van der Waals surface area contributed by atoms with Crippen molar-refractivity contribution in [1.29, 1.82) is 0 Å². The molecule has 2 amide bonds. The zero-order valence-corrected chi connectivity index (χ0v) is 13.1. The molecule has 0 spiro atoms. The standard InChI is InChI=1S/C13H15IN4O2/c1-2-7-20-18(11-6-4-3-5-10(11)14)13(19)17-12-8-15-9-16-12/h3-6,8-9H,2,7H2,1H3,(H,15,16)(H,17,19). The van der Waals surface area contributed by atoms with Gasteiger partial charge in [-0.15, -0.1) is 0 Å². The molecule has 1 aromatic carbocycles. The van der Waals surface area contributed by atoms with Gasteiger partial charge in [0.2, 0.25) is 0 Å². The number of H-pyrrole nitrogens is 1. The van der Waals surface area contributed by atoms with E-state index in [1.807, 2.05) is 31.2 Å². The van der Waals surface area contributed by atoms with Crippen LogP contribution in [0.25, 0.3) is 0 Å². The number of halogens is 1. The Balaban J connectivity index is 2.18. The van der Waals surface area contributed by atoms with E-state index in [1.54, 1.807) is 0 Å². The molecular weight excluding hydrogens is 371 g/mol. The Bertz CT molecular complexity index is 559. The second-order valence-electron chi connectivity index (χ2n) is 3.97. The van der Waals surface area contributed by atoms with Gasteiger partial charge in [0.1, 0.15) is 5.82 Å². The number of urea groups is 1. The highest BCUT2D eigenvalue weighted by atomic mass is 127. The summed E-state index contributed by atoms with van der Waals surface area (Å²) in [5.74, 6) is 0.519. The molecule has 0 bridgehead atoms. The highest BCUT2D eigenvalue weighted by Crippen LogP contribution is 2.23. The lowest BCUT2D eigenvalue weighted by molar-refractivity contribution is 0.122. The number of aromatic amines is 1. The molecule has 1 aromatic heterocycles. The maximum absolute atomic E-state index is 12.3. The number of anilines is 2. The number of rotatable bonds is 5. The summed E-state index contributed by atoms with van der Waals surface area (Å²) < 4.78 is 0.931. The number of nitrogens with zero attached hydrogens (tertiary/aromatic N) is 2. The van der Waals surface area contributed by atoms with E-state index in [4.69, 9.17) is 4.84 Å². The fourth-order valence-corrected chi connectivity index (χ4v) is 2.13. The first-order valence-electron chi connectivity index (χ1n) is 6.19. The van der Waals surface area contributed by atoms with Crippen LogP contribution in [0, 0.1) is 3.57 Å². The number of aromatic nitrogens is 2. The van der Waals surface area contributed by atoms with Crippen molar-refractivity contribution in [2.45, 2.75) is 13.3 Å². The molecule has 0 radical (unpaired) electrons.